The second kappa shape index (κ2) is 5.72. The Balaban J connectivity index is 2.46. The molecule has 0 aliphatic rings. The van der Waals surface area contributed by atoms with Crippen LogP contribution in [0.4, 0.5) is 0 Å². The molecular weight excluding hydrogens is 248 g/mol. The van der Waals surface area contributed by atoms with Crippen LogP contribution in [-0.4, -0.2) is 22.5 Å². The normalized spacial score (nSPS) is 13.1. The van der Waals surface area contributed by atoms with E-state index in [9.17, 15) is 0 Å². The fourth-order valence-electron chi connectivity index (χ4n) is 1.29. The highest BCUT2D eigenvalue weighted by Gasteiger charge is 2.18. The van der Waals surface area contributed by atoms with Crippen LogP contribution in [-0.2, 0) is 12.0 Å². The highest BCUT2D eigenvalue weighted by molar-refractivity contribution is 7.99. The van der Waals surface area contributed by atoms with E-state index in [4.69, 9.17) is 0 Å². The second-order valence-corrected chi connectivity index (χ2v) is 8.58. The van der Waals surface area contributed by atoms with Crippen LogP contribution in [0.25, 0.3) is 0 Å². The molecular formula is C13H24N2S2. The Bertz CT molecular complexity index is 351. The van der Waals surface area contributed by atoms with Gasteiger partial charge in [-0.3, -0.25) is 0 Å². The lowest BCUT2D eigenvalue weighted by Gasteiger charge is -2.22. The van der Waals surface area contributed by atoms with Gasteiger partial charge in [-0.15, -0.1) is 11.3 Å². The summed E-state index contributed by atoms with van der Waals surface area (Å²) in [6, 6.07) is 0. The van der Waals surface area contributed by atoms with Gasteiger partial charge in [-0.1, -0.05) is 20.8 Å². The smallest absolute Gasteiger partial charge is 0.0981 e. The summed E-state index contributed by atoms with van der Waals surface area (Å²) in [5.41, 5.74) is 0.168. The van der Waals surface area contributed by atoms with Crippen LogP contribution >= 0.6 is 23.1 Å². The SMILES string of the molecule is CSC(C)(C)CNCc1cnc(C(C)(C)C)s1. The minimum Gasteiger partial charge on any atom is -0.310 e. The summed E-state index contributed by atoms with van der Waals surface area (Å²) < 4.78 is 0.303. The number of thioether (sulfide) groups is 1. The van der Waals surface area contributed by atoms with Crippen LogP contribution in [0.15, 0.2) is 6.20 Å². The van der Waals surface area contributed by atoms with Crippen molar-refractivity contribution < 1.29 is 0 Å². The Morgan fingerprint density at radius 2 is 1.94 bits per heavy atom. The van der Waals surface area contributed by atoms with E-state index < -0.39 is 0 Å². The predicted molar refractivity (Wildman–Crippen MR) is 80.1 cm³/mol. The van der Waals surface area contributed by atoms with Crippen molar-refractivity contribution in [3.8, 4) is 0 Å². The maximum absolute atomic E-state index is 4.50. The third-order valence-electron chi connectivity index (χ3n) is 2.60. The molecule has 0 aliphatic carbocycles. The maximum Gasteiger partial charge on any atom is 0.0981 e. The van der Waals surface area contributed by atoms with Gasteiger partial charge < -0.3 is 5.32 Å². The van der Waals surface area contributed by atoms with Crippen molar-refractivity contribution in [2.24, 2.45) is 0 Å². The summed E-state index contributed by atoms with van der Waals surface area (Å²) in [7, 11) is 0. The van der Waals surface area contributed by atoms with Crippen molar-refractivity contribution >= 4 is 23.1 Å². The van der Waals surface area contributed by atoms with E-state index in [1.165, 1.54) is 9.88 Å². The first-order valence-corrected chi connectivity index (χ1v) is 8.00. The van der Waals surface area contributed by atoms with Gasteiger partial charge in [0.2, 0.25) is 0 Å². The van der Waals surface area contributed by atoms with Crippen LogP contribution < -0.4 is 5.32 Å². The quantitative estimate of drug-likeness (QED) is 0.885. The van der Waals surface area contributed by atoms with Crippen molar-refractivity contribution in [1.82, 2.24) is 10.3 Å². The summed E-state index contributed by atoms with van der Waals surface area (Å²) in [6.07, 6.45) is 4.16. The zero-order valence-electron chi connectivity index (χ0n) is 11.8. The van der Waals surface area contributed by atoms with Crippen LogP contribution in [0.2, 0.25) is 0 Å². The van der Waals surface area contributed by atoms with Crippen molar-refractivity contribution in [1.29, 1.82) is 0 Å². The first kappa shape index (κ1) is 15.0. The number of nitrogens with one attached hydrogen (secondary N) is 1. The summed E-state index contributed by atoms with van der Waals surface area (Å²) in [4.78, 5) is 5.82. The number of hydrogen-bond acceptors (Lipinski definition) is 4. The van der Waals surface area contributed by atoms with Crippen molar-refractivity contribution in [2.45, 2.75) is 51.3 Å². The van der Waals surface area contributed by atoms with Crippen molar-refractivity contribution in [3.63, 3.8) is 0 Å². The topological polar surface area (TPSA) is 24.9 Å². The monoisotopic (exact) mass is 272 g/mol. The number of hydrogen-bond donors (Lipinski definition) is 1. The molecule has 0 amide bonds. The molecule has 0 radical (unpaired) electrons. The molecule has 0 fully saturated rings. The van der Waals surface area contributed by atoms with Gasteiger partial charge >= 0.3 is 0 Å². The van der Waals surface area contributed by atoms with E-state index in [1.54, 1.807) is 0 Å². The highest BCUT2D eigenvalue weighted by atomic mass is 32.2. The predicted octanol–water partition coefficient (Wildman–Crippen LogP) is 3.67. The summed E-state index contributed by atoms with van der Waals surface area (Å²) in [5.74, 6) is 0. The highest BCUT2D eigenvalue weighted by Crippen LogP contribution is 2.27. The lowest BCUT2D eigenvalue weighted by molar-refractivity contribution is 0.585. The Kier molecular flexibility index (Phi) is 5.05. The Labute approximate surface area is 114 Å². The molecule has 98 valence electrons. The van der Waals surface area contributed by atoms with Gasteiger partial charge in [-0.2, -0.15) is 11.8 Å². The van der Waals surface area contributed by atoms with Crippen LogP contribution in [0, 0.1) is 0 Å². The molecule has 0 spiro atoms. The van der Waals surface area contributed by atoms with Gasteiger partial charge in [0.1, 0.15) is 0 Å². The number of nitrogens with zero attached hydrogens (tertiary/aromatic N) is 1. The molecule has 1 aromatic heterocycles. The molecule has 0 saturated carbocycles. The molecule has 1 aromatic rings. The van der Waals surface area contributed by atoms with Gasteiger partial charge in [0.05, 0.1) is 5.01 Å². The number of aromatic nitrogens is 1. The average molecular weight is 272 g/mol. The molecule has 0 bridgehead atoms. The van der Waals surface area contributed by atoms with Gasteiger partial charge in [0, 0.05) is 34.3 Å². The molecule has 0 aliphatic heterocycles. The Morgan fingerprint density at radius 1 is 1.29 bits per heavy atom. The molecule has 4 heteroatoms. The largest absolute Gasteiger partial charge is 0.310 e. The molecule has 0 unspecified atom stereocenters. The molecule has 1 rings (SSSR count). The third-order valence-corrected chi connectivity index (χ3v) is 5.27. The summed E-state index contributed by atoms with van der Waals surface area (Å²) in [6.45, 7) is 13.1. The standard InChI is InChI=1S/C13H24N2S2/c1-12(2,3)11-15-8-10(17-11)7-14-9-13(4,5)16-6/h8,14H,7,9H2,1-6H3. The molecule has 2 nitrogen and oxygen atoms in total. The maximum atomic E-state index is 4.50. The fraction of sp³-hybridized carbons (Fsp3) is 0.769. The number of thiazole rings is 1. The van der Waals surface area contributed by atoms with E-state index >= 15 is 0 Å². The molecule has 1 heterocycles. The summed E-state index contributed by atoms with van der Waals surface area (Å²) >= 11 is 3.71. The minimum absolute atomic E-state index is 0.168. The first-order chi connectivity index (χ1) is 7.74. The average Bonchev–Trinajstić information content (AvgIpc) is 2.66. The minimum atomic E-state index is 0.168. The zero-order chi connectivity index (χ0) is 13.1. The van der Waals surface area contributed by atoms with Crippen LogP contribution in [0.1, 0.15) is 44.5 Å². The molecule has 0 saturated heterocycles. The fourth-order valence-corrected chi connectivity index (χ4v) is 2.48. The van der Waals surface area contributed by atoms with Gasteiger partial charge in [-0.05, 0) is 20.1 Å². The van der Waals surface area contributed by atoms with E-state index in [2.05, 4.69) is 51.2 Å². The molecule has 1 N–H and O–H groups in total. The first-order valence-electron chi connectivity index (χ1n) is 5.96. The van der Waals surface area contributed by atoms with Crippen molar-refractivity contribution in [3.05, 3.63) is 16.1 Å². The Morgan fingerprint density at radius 3 is 2.41 bits per heavy atom. The van der Waals surface area contributed by atoms with Crippen molar-refractivity contribution in [2.75, 3.05) is 12.8 Å². The van der Waals surface area contributed by atoms with E-state index in [1.807, 2.05) is 29.3 Å². The van der Waals surface area contributed by atoms with Crippen LogP contribution in [0.5, 0.6) is 0 Å². The molecule has 0 atom stereocenters. The van der Waals surface area contributed by atoms with Gasteiger partial charge in [-0.25, -0.2) is 4.98 Å². The van der Waals surface area contributed by atoms with E-state index in [0.29, 0.717) is 4.75 Å². The lowest BCUT2D eigenvalue weighted by atomic mass is 9.98. The van der Waals surface area contributed by atoms with Gasteiger partial charge in [0.15, 0.2) is 0 Å². The lowest BCUT2D eigenvalue weighted by Crippen LogP contribution is -2.31. The van der Waals surface area contributed by atoms with E-state index in [0.717, 1.165) is 13.1 Å². The second-order valence-electron chi connectivity index (χ2n) is 5.95. The Hall–Kier alpha value is -0.0600. The molecule has 0 aromatic carbocycles. The molecule has 17 heavy (non-hydrogen) atoms. The van der Waals surface area contributed by atoms with E-state index in [-0.39, 0.29) is 5.41 Å². The zero-order valence-corrected chi connectivity index (χ0v) is 13.4. The number of rotatable bonds is 5. The van der Waals surface area contributed by atoms with Gasteiger partial charge in [0.25, 0.3) is 0 Å². The third kappa shape index (κ3) is 4.98. The summed E-state index contributed by atoms with van der Waals surface area (Å²) in [5, 5.41) is 4.73. The van der Waals surface area contributed by atoms with Crippen LogP contribution in [0.3, 0.4) is 0 Å².